The van der Waals surface area contributed by atoms with E-state index in [4.69, 9.17) is 5.73 Å². The fourth-order valence-electron chi connectivity index (χ4n) is 0.725. The lowest BCUT2D eigenvalue weighted by Crippen LogP contribution is -2.31. The Morgan fingerprint density at radius 1 is 1.82 bits per heavy atom. The van der Waals surface area contributed by atoms with Crippen LogP contribution in [-0.4, -0.2) is 4.98 Å². The first-order chi connectivity index (χ1) is 5.24. The van der Waals surface area contributed by atoms with Gasteiger partial charge in [-0.25, -0.2) is 4.73 Å². The molecule has 1 heterocycles. The molecule has 1 aromatic heterocycles. The normalized spacial score (nSPS) is 9.45. The fourth-order valence-corrected chi connectivity index (χ4v) is 0.725. The first kappa shape index (κ1) is 7.53. The van der Waals surface area contributed by atoms with Crippen LogP contribution in [0.25, 0.3) is 0 Å². The molecule has 0 saturated carbocycles. The molecule has 0 unspecified atom stereocenters. The van der Waals surface area contributed by atoms with Gasteiger partial charge in [-0.1, -0.05) is 11.1 Å². The zero-order valence-corrected chi connectivity index (χ0v) is 6.03. The monoisotopic (exact) mass is 151 g/mol. The second-order valence-electron chi connectivity index (χ2n) is 2.10. The van der Waals surface area contributed by atoms with Gasteiger partial charge in [0, 0.05) is 12.5 Å². The van der Waals surface area contributed by atoms with Gasteiger partial charge < -0.3 is 5.21 Å². The number of aromatic nitrogens is 2. The number of nitrogen functional groups attached to an aromatic ring is 1. The van der Waals surface area contributed by atoms with Crippen molar-refractivity contribution in [3.05, 3.63) is 35.8 Å². The molecule has 4 nitrogen and oxygen atoms in total. The summed E-state index contributed by atoms with van der Waals surface area (Å²) >= 11 is 0. The second kappa shape index (κ2) is 3.01. The quantitative estimate of drug-likeness (QED) is 0.368. The third-order valence-electron chi connectivity index (χ3n) is 1.24. The number of nitrogens with zero attached hydrogens (tertiary/aromatic N) is 2. The van der Waals surface area contributed by atoms with Crippen molar-refractivity contribution in [2.24, 2.45) is 0 Å². The summed E-state index contributed by atoms with van der Waals surface area (Å²) in [6.07, 6.45) is 3.67. The Labute approximate surface area is 64.6 Å². The van der Waals surface area contributed by atoms with Gasteiger partial charge in [0.1, 0.15) is 5.69 Å². The van der Waals surface area contributed by atoms with Crippen molar-refractivity contribution in [3.8, 4) is 0 Å². The van der Waals surface area contributed by atoms with Crippen LogP contribution in [0.15, 0.2) is 24.9 Å². The first-order valence-corrected chi connectivity index (χ1v) is 3.19. The summed E-state index contributed by atoms with van der Waals surface area (Å²) in [4.78, 5) is 3.82. The Bertz CT molecular complexity index is 272. The maximum Gasteiger partial charge on any atom is 0.389 e. The number of anilines is 1. The molecule has 0 atom stereocenters. The Balaban J connectivity index is 2.95. The third-order valence-corrected chi connectivity index (χ3v) is 1.24. The molecule has 1 rings (SSSR count). The lowest BCUT2D eigenvalue weighted by atomic mass is 10.3. The minimum absolute atomic E-state index is 0.0237. The van der Waals surface area contributed by atoms with Crippen LogP contribution < -0.4 is 10.5 Å². The topological polar surface area (TPSA) is 65.8 Å². The molecular formula is C7H9N3O. The van der Waals surface area contributed by atoms with E-state index in [0.29, 0.717) is 11.2 Å². The lowest BCUT2D eigenvalue weighted by Gasteiger charge is -2.02. The zero-order chi connectivity index (χ0) is 8.27. The highest BCUT2D eigenvalue weighted by Crippen LogP contribution is 1.95. The van der Waals surface area contributed by atoms with E-state index < -0.39 is 0 Å². The van der Waals surface area contributed by atoms with Gasteiger partial charge in [0.05, 0.1) is 6.20 Å². The average molecular weight is 151 g/mol. The Hall–Kier alpha value is -1.58. The van der Waals surface area contributed by atoms with Gasteiger partial charge in [0.25, 0.3) is 0 Å². The maximum atomic E-state index is 10.7. The van der Waals surface area contributed by atoms with Crippen LogP contribution in [0, 0.1) is 5.21 Å². The largest absolute Gasteiger partial charge is 0.740 e. The van der Waals surface area contributed by atoms with Crippen LogP contribution in [0.2, 0.25) is 0 Å². The molecule has 1 aromatic rings. The summed E-state index contributed by atoms with van der Waals surface area (Å²) in [5, 5.41) is 10.7. The van der Waals surface area contributed by atoms with Gasteiger partial charge in [-0.15, -0.1) is 6.58 Å². The number of hydrogen-bond donors (Lipinski definition) is 1. The predicted octanol–water partition coefficient (Wildman–Crippen LogP) is 0.0257. The summed E-state index contributed by atoms with van der Waals surface area (Å²) in [5.74, 6) is -0.0237. The molecule has 0 radical (unpaired) electrons. The van der Waals surface area contributed by atoms with Crippen molar-refractivity contribution in [1.29, 1.82) is 0 Å². The SMILES string of the molecule is C=CCc1cc[n+]([O-])c(N)n1. The van der Waals surface area contributed by atoms with E-state index in [1.807, 2.05) is 0 Å². The van der Waals surface area contributed by atoms with Crippen LogP contribution in [0.3, 0.4) is 0 Å². The lowest BCUT2D eigenvalue weighted by molar-refractivity contribution is -0.592. The van der Waals surface area contributed by atoms with Crippen molar-refractivity contribution in [2.75, 3.05) is 5.73 Å². The Kier molecular flexibility index (Phi) is 2.06. The van der Waals surface area contributed by atoms with Gasteiger partial charge in [-0.2, -0.15) is 0 Å². The highest BCUT2D eigenvalue weighted by molar-refractivity contribution is 5.12. The van der Waals surface area contributed by atoms with Crippen molar-refractivity contribution in [3.63, 3.8) is 0 Å². The summed E-state index contributed by atoms with van der Waals surface area (Å²) in [5.41, 5.74) is 6.01. The van der Waals surface area contributed by atoms with Crippen LogP contribution in [0.1, 0.15) is 5.69 Å². The van der Waals surface area contributed by atoms with E-state index in [1.54, 1.807) is 12.1 Å². The number of rotatable bonds is 2. The Morgan fingerprint density at radius 3 is 3.09 bits per heavy atom. The summed E-state index contributed by atoms with van der Waals surface area (Å²) in [7, 11) is 0. The molecule has 11 heavy (non-hydrogen) atoms. The van der Waals surface area contributed by atoms with E-state index in [9.17, 15) is 5.21 Å². The van der Waals surface area contributed by atoms with E-state index >= 15 is 0 Å². The summed E-state index contributed by atoms with van der Waals surface area (Å²) < 4.78 is 0.520. The Morgan fingerprint density at radius 2 is 2.55 bits per heavy atom. The third kappa shape index (κ3) is 1.67. The van der Waals surface area contributed by atoms with Gasteiger partial charge in [0.2, 0.25) is 0 Å². The number of nitrogens with two attached hydrogens (primary N) is 1. The van der Waals surface area contributed by atoms with E-state index in [2.05, 4.69) is 11.6 Å². The van der Waals surface area contributed by atoms with Crippen molar-refractivity contribution in [2.45, 2.75) is 6.42 Å². The molecule has 0 aliphatic rings. The molecule has 0 fully saturated rings. The van der Waals surface area contributed by atoms with Gasteiger partial charge in [-0.05, 0) is 0 Å². The molecule has 0 aliphatic heterocycles. The van der Waals surface area contributed by atoms with E-state index in [0.717, 1.165) is 5.69 Å². The average Bonchev–Trinajstić information content (AvgIpc) is 1.98. The molecule has 0 aliphatic carbocycles. The number of hydrogen-bond acceptors (Lipinski definition) is 3. The summed E-state index contributed by atoms with van der Waals surface area (Å²) in [6.45, 7) is 3.54. The summed E-state index contributed by atoms with van der Waals surface area (Å²) in [6, 6.07) is 1.62. The molecular weight excluding hydrogens is 142 g/mol. The molecule has 0 bridgehead atoms. The molecule has 58 valence electrons. The standard InChI is InChI=1S/C7H9N3O/c1-2-3-6-4-5-10(11)7(8)9-6/h2,4-5H,1,3H2,(H2,8,9). The van der Waals surface area contributed by atoms with Gasteiger partial charge >= 0.3 is 5.95 Å². The highest BCUT2D eigenvalue weighted by Gasteiger charge is 2.01. The minimum Gasteiger partial charge on any atom is -0.740 e. The van der Waals surface area contributed by atoms with Crippen molar-refractivity contribution < 1.29 is 4.73 Å². The molecule has 0 amide bonds. The second-order valence-corrected chi connectivity index (χ2v) is 2.10. The van der Waals surface area contributed by atoms with Crippen molar-refractivity contribution >= 4 is 5.95 Å². The molecule has 0 spiro atoms. The zero-order valence-electron chi connectivity index (χ0n) is 6.03. The highest BCUT2D eigenvalue weighted by atomic mass is 16.5. The maximum absolute atomic E-state index is 10.7. The van der Waals surface area contributed by atoms with Gasteiger partial charge in [-0.3, -0.25) is 5.73 Å². The van der Waals surface area contributed by atoms with Crippen LogP contribution in [0.5, 0.6) is 0 Å². The molecule has 0 saturated heterocycles. The van der Waals surface area contributed by atoms with E-state index in [-0.39, 0.29) is 5.95 Å². The van der Waals surface area contributed by atoms with Gasteiger partial charge in [0.15, 0.2) is 0 Å². The number of allylic oxidation sites excluding steroid dienone is 1. The van der Waals surface area contributed by atoms with Crippen molar-refractivity contribution in [1.82, 2.24) is 4.98 Å². The van der Waals surface area contributed by atoms with E-state index in [1.165, 1.54) is 6.20 Å². The predicted molar refractivity (Wildman–Crippen MR) is 41.5 cm³/mol. The molecule has 2 N–H and O–H groups in total. The molecule has 4 heteroatoms. The van der Waals surface area contributed by atoms with Crippen LogP contribution in [0.4, 0.5) is 5.95 Å². The van der Waals surface area contributed by atoms with Crippen LogP contribution in [-0.2, 0) is 6.42 Å². The minimum atomic E-state index is -0.0237. The smallest absolute Gasteiger partial charge is 0.389 e. The van der Waals surface area contributed by atoms with Crippen LogP contribution >= 0.6 is 0 Å². The fraction of sp³-hybridized carbons (Fsp3) is 0.143. The first-order valence-electron chi connectivity index (χ1n) is 3.19. The molecule has 0 aromatic carbocycles.